The summed E-state index contributed by atoms with van der Waals surface area (Å²) in [7, 11) is 3.12. The smallest absolute Gasteiger partial charge is 0.330 e. The Hall–Kier alpha value is -2.43. The van der Waals surface area contributed by atoms with Gasteiger partial charge in [-0.25, -0.2) is 4.79 Å². The Labute approximate surface area is 105 Å². The number of amides is 1. The number of nitrogens with zero attached hydrogens (tertiary/aromatic N) is 1. The van der Waals surface area contributed by atoms with E-state index in [0.717, 1.165) is 0 Å². The summed E-state index contributed by atoms with van der Waals surface area (Å²) in [5, 5.41) is 2.76. The Kier molecular flexibility index (Phi) is 3.52. The van der Waals surface area contributed by atoms with Crippen LogP contribution in [0.4, 0.5) is 10.5 Å². The van der Waals surface area contributed by atoms with Crippen molar-refractivity contribution >= 4 is 11.7 Å². The third-order valence-corrected chi connectivity index (χ3v) is 2.49. The lowest BCUT2D eigenvalue weighted by Crippen LogP contribution is -2.18. The number of hydrogen-bond donors (Lipinski definition) is 1. The van der Waals surface area contributed by atoms with E-state index in [9.17, 15) is 4.79 Å². The summed E-state index contributed by atoms with van der Waals surface area (Å²) < 4.78 is 11.7. The molecule has 0 aliphatic heterocycles. The molecule has 0 atom stereocenters. The van der Waals surface area contributed by atoms with Crippen LogP contribution < -0.4 is 14.8 Å². The van der Waals surface area contributed by atoms with Gasteiger partial charge in [-0.3, -0.25) is 4.57 Å². The third-order valence-electron chi connectivity index (χ3n) is 2.49. The van der Waals surface area contributed by atoms with Gasteiger partial charge < -0.3 is 14.8 Å². The Morgan fingerprint density at radius 2 is 1.89 bits per heavy atom. The number of carbonyl (C=O) groups excluding carboxylic acids is 1. The van der Waals surface area contributed by atoms with Crippen LogP contribution in [0.25, 0.3) is 0 Å². The van der Waals surface area contributed by atoms with Crippen LogP contribution >= 0.6 is 0 Å². The molecule has 2 rings (SSSR count). The third kappa shape index (κ3) is 2.45. The summed E-state index contributed by atoms with van der Waals surface area (Å²) >= 11 is 0. The summed E-state index contributed by atoms with van der Waals surface area (Å²) in [6.07, 6.45) is 3.34. The van der Waals surface area contributed by atoms with Gasteiger partial charge in [0, 0.05) is 18.5 Å². The number of ether oxygens (including phenoxy) is 2. The fraction of sp³-hybridized carbons (Fsp3) is 0.154. The van der Waals surface area contributed by atoms with Crippen molar-refractivity contribution in [2.45, 2.75) is 0 Å². The van der Waals surface area contributed by atoms with Crippen LogP contribution in [-0.4, -0.2) is 24.8 Å². The van der Waals surface area contributed by atoms with Gasteiger partial charge in [0.2, 0.25) is 0 Å². The molecule has 18 heavy (non-hydrogen) atoms. The van der Waals surface area contributed by atoms with E-state index < -0.39 is 0 Å². The van der Waals surface area contributed by atoms with E-state index in [0.29, 0.717) is 17.2 Å². The standard InChI is InChI=1S/C13H14N2O3/c1-17-10-5-6-11(12(9-10)18-2)14-13(16)15-7-3-4-8-15/h3-9H,1-2H3,(H,14,16). The maximum atomic E-state index is 11.9. The number of nitrogens with one attached hydrogen (secondary N) is 1. The van der Waals surface area contributed by atoms with Gasteiger partial charge in [0.05, 0.1) is 19.9 Å². The predicted octanol–water partition coefficient (Wildman–Crippen LogP) is 2.59. The molecule has 0 fully saturated rings. The predicted molar refractivity (Wildman–Crippen MR) is 68.4 cm³/mol. The number of hydrogen-bond acceptors (Lipinski definition) is 3. The highest BCUT2D eigenvalue weighted by Crippen LogP contribution is 2.29. The first-order valence-corrected chi connectivity index (χ1v) is 5.41. The first-order valence-electron chi connectivity index (χ1n) is 5.41. The molecular weight excluding hydrogens is 232 g/mol. The summed E-state index contributed by atoms with van der Waals surface area (Å²) in [6, 6.07) is 8.52. The first-order chi connectivity index (χ1) is 8.74. The van der Waals surface area contributed by atoms with Gasteiger partial charge in [-0.1, -0.05) is 0 Å². The fourth-order valence-electron chi connectivity index (χ4n) is 1.55. The Morgan fingerprint density at radius 3 is 2.50 bits per heavy atom. The van der Waals surface area contributed by atoms with Crippen molar-refractivity contribution < 1.29 is 14.3 Å². The zero-order valence-electron chi connectivity index (χ0n) is 10.2. The molecule has 5 heteroatoms. The highest BCUT2D eigenvalue weighted by atomic mass is 16.5. The lowest BCUT2D eigenvalue weighted by Gasteiger charge is -2.11. The number of benzene rings is 1. The minimum absolute atomic E-state index is 0.247. The molecule has 2 aromatic rings. The van der Waals surface area contributed by atoms with Crippen molar-refractivity contribution in [3.63, 3.8) is 0 Å². The van der Waals surface area contributed by atoms with Gasteiger partial charge in [-0.05, 0) is 24.3 Å². The maximum absolute atomic E-state index is 11.9. The Balaban J connectivity index is 2.21. The summed E-state index contributed by atoms with van der Waals surface area (Å²) in [5.74, 6) is 1.22. The van der Waals surface area contributed by atoms with Crippen molar-refractivity contribution in [3.05, 3.63) is 42.7 Å². The molecule has 0 aliphatic carbocycles. The van der Waals surface area contributed by atoms with E-state index in [1.807, 2.05) is 0 Å². The molecule has 0 saturated carbocycles. The summed E-state index contributed by atoms with van der Waals surface area (Å²) in [4.78, 5) is 11.9. The average Bonchev–Trinajstić information content (AvgIpc) is 2.93. The van der Waals surface area contributed by atoms with E-state index in [2.05, 4.69) is 5.32 Å². The molecule has 1 aromatic heterocycles. The van der Waals surface area contributed by atoms with E-state index in [4.69, 9.17) is 9.47 Å². The quantitative estimate of drug-likeness (QED) is 0.905. The lowest BCUT2D eigenvalue weighted by atomic mass is 10.2. The summed E-state index contributed by atoms with van der Waals surface area (Å²) in [6.45, 7) is 0. The van der Waals surface area contributed by atoms with Crippen molar-refractivity contribution in [1.29, 1.82) is 0 Å². The molecule has 0 aliphatic rings. The number of aromatic nitrogens is 1. The SMILES string of the molecule is COc1ccc(NC(=O)n2cccc2)c(OC)c1. The van der Waals surface area contributed by atoms with Crippen molar-refractivity contribution in [1.82, 2.24) is 4.57 Å². The fourth-order valence-corrected chi connectivity index (χ4v) is 1.55. The first kappa shape index (κ1) is 12.0. The summed E-state index contributed by atoms with van der Waals surface area (Å²) in [5.41, 5.74) is 0.594. The molecule has 0 radical (unpaired) electrons. The van der Waals surface area contributed by atoms with Gasteiger partial charge in [0.1, 0.15) is 11.5 Å². The number of carbonyl (C=O) groups is 1. The van der Waals surface area contributed by atoms with E-state index in [-0.39, 0.29) is 6.03 Å². The van der Waals surface area contributed by atoms with Crippen LogP contribution in [0.2, 0.25) is 0 Å². The normalized spacial score (nSPS) is 9.89. The van der Waals surface area contributed by atoms with Crippen LogP contribution in [0.1, 0.15) is 0 Å². The second-order valence-corrected chi connectivity index (χ2v) is 3.59. The number of methoxy groups -OCH3 is 2. The molecule has 0 spiro atoms. The van der Waals surface area contributed by atoms with E-state index in [1.165, 1.54) is 4.57 Å². The number of rotatable bonds is 3. The van der Waals surface area contributed by atoms with Crippen LogP contribution in [0.5, 0.6) is 11.5 Å². The van der Waals surface area contributed by atoms with Gasteiger partial charge in [-0.15, -0.1) is 0 Å². The average molecular weight is 246 g/mol. The van der Waals surface area contributed by atoms with Gasteiger partial charge in [0.15, 0.2) is 0 Å². The molecule has 1 N–H and O–H groups in total. The topological polar surface area (TPSA) is 52.5 Å². The molecule has 1 amide bonds. The minimum atomic E-state index is -0.247. The molecular formula is C13H14N2O3. The second-order valence-electron chi connectivity index (χ2n) is 3.59. The van der Waals surface area contributed by atoms with Crippen molar-refractivity contribution in [3.8, 4) is 11.5 Å². The zero-order chi connectivity index (χ0) is 13.0. The Bertz CT molecular complexity index is 535. The van der Waals surface area contributed by atoms with E-state index >= 15 is 0 Å². The lowest BCUT2D eigenvalue weighted by molar-refractivity contribution is 0.253. The monoisotopic (exact) mass is 246 g/mol. The Morgan fingerprint density at radius 1 is 1.17 bits per heavy atom. The van der Waals surface area contributed by atoms with Crippen molar-refractivity contribution in [2.24, 2.45) is 0 Å². The highest BCUT2D eigenvalue weighted by Gasteiger charge is 2.09. The minimum Gasteiger partial charge on any atom is -0.497 e. The van der Waals surface area contributed by atoms with Crippen LogP contribution in [0.3, 0.4) is 0 Å². The van der Waals surface area contributed by atoms with Crippen LogP contribution in [-0.2, 0) is 0 Å². The van der Waals surface area contributed by atoms with Crippen molar-refractivity contribution in [2.75, 3.05) is 19.5 Å². The van der Waals surface area contributed by atoms with Gasteiger partial charge in [-0.2, -0.15) is 0 Å². The molecule has 0 saturated heterocycles. The highest BCUT2D eigenvalue weighted by molar-refractivity contribution is 5.92. The number of anilines is 1. The van der Waals surface area contributed by atoms with Crippen LogP contribution in [0.15, 0.2) is 42.7 Å². The van der Waals surface area contributed by atoms with Gasteiger partial charge in [0.25, 0.3) is 0 Å². The largest absolute Gasteiger partial charge is 0.497 e. The second kappa shape index (κ2) is 5.27. The molecule has 1 heterocycles. The molecule has 0 unspecified atom stereocenters. The maximum Gasteiger partial charge on any atom is 0.330 e. The molecule has 0 bridgehead atoms. The molecule has 94 valence electrons. The molecule has 1 aromatic carbocycles. The molecule has 5 nitrogen and oxygen atoms in total. The van der Waals surface area contributed by atoms with E-state index in [1.54, 1.807) is 56.9 Å². The zero-order valence-corrected chi connectivity index (χ0v) is 10.2. The van der Waals surface area contributed by atoms with Gasteiger partial charge >= 0.3 is 6.03 Å². The van der Waals surface area contributed by atoms with Crippen LogP contribution in [0, 0.1) is 0 Å².